The number of benzene rings is 2. The average molecular weight is 392 g/mol. The molecule has 3 rings (SSSR count). The standard InChI is InChI=1S/C23H24N2O4/c1-15-7-8-17(12-16(15)2)14-25-11-5-6-20(25)22(26)23(27)24-19-13-18(28-3)9-10-21(19)29-4/h5-13H,14H2,1-4H3,(H,24,27). The number of aromatic nitrogens is 1. The second kappa shape index (κ2) is 8.65. The Hall–Kier alpha value is -3.54. The van der Waals surface area contributed by atoms with Crippen LogP contribution in [0.2, 0.25) is 0 Å². The molecule has 0 atom stereocenters. The Balaban J connectivity index is 1.80. The molecule has 0 aliphatic heterocycles. The van der Waals surface area contributed by atoms with Gasteiger partial charge >= 0.3 is 0 Å². The summed E-state index contributed by atoms with van der Waals surface area (Å²) < 4.78 is 12.2. The third kappa shape index (κ3) is 4.48. The maximum absolute atomic E-state index is 12.8. The van der Waals surface area contributed by atoms with E-state index >= 15 is 0 Å². The lowest BCUT2D eigenvalue weighted by Gasteiger charge is -2.13. The Morgan fingerprint density at radius 1 is 0.966 bits per heavy atom. The summed E-state index contributed by atoms with van der Waals surface area (Å²) in [7, 11) is 3.02. The van der Waals surface area contributed by atoms with Gasteiger partial charge in [0.2, 0.25) is 0 Å². The van der Waals surface area contributed by atoms with Gasteiger partial charge in [-0.05, 0) is 54.8 Å². The molecule has 0 spiro atoms. The van der Waals surface area contributed by atoms with Crippen molar-refractivity contribution in [3.05, 3.63) is 77.1 Å². The Morgan fingerprint density at radius 3 is 2.45 bits per heavy atom. The normalized spacial score (nSPS) is 10.5. The summed E-state index contributed by atoms with van der Waals surface area (Å²) in [5.74, 6) is -0.371. The molecule has 0 unspecified atom stereocenters. The number of nitrogens with one attached hydrogen (secondary N) is 1. The van der Waals surface area contributed by atoms with Crippen LogP contribution in [0.15, 0.2) is 54.7 Å². The van der Waals surface area contributed by atoms with Crippen LogP contribution in [0, 0.1) is 13.8 Å². The van der Waals surface area contributed by atoms with Gasteiger partial charge in [-0.25, -0.2) is 0 Å². The number of anilines is 1. The molecule has 1 amide bonds. The highest BCUT2D eigenvalue weighted by Gasteiger charge is 2.21. The number of rotatable bonds is 7. The molecule has 1 heterocycles. The molecular weight excluding hydrogens is 368 g/mol. The summed E-state index contributed by atoms with van der Waals surface area (Å²) in [6.07, 6.45) is 1.79. The van der Waals surface area contributed by atoms with Crippen molar-refractivity contribution in [2.75, 3.05) is 19.5 Å². The van der Waals surface area contributed by atoms with E-state index in [0.29, 0.717) is 29.4 Å². The lowest BCUT2D eigenvalue weighted by molar-refractivity contribution is -0.112. The van der Waals surface area contributed by atoms with Gasteiger partial charge in [-0.1, -0.05) is 18.2 Å². The van der Waals surface area contributed by atoms with Gasteiger partial charge in [0.05, 0.1) is 25.6 Å². The average Bonchev–Trinajstić information content (AvgIpc) is 3.18. The SMILES string of the molecule is COc1ccc(OC)c(NC(=O)C(=O)c2cccn2Cc2ccc(C)c(C)c2)c1. The van der Waals surface area contributed by atoms with Crippen LogP contribution in [0.1, 0.15) is 27.2 Å². The summed E-state index contributed by atoms with van der Waals surface area (Å²) in [6.45, 7) is 4.61. The number of carbonyl (C=O) groups is 2. The Kier molecular flexibility index (Phi) is 6.02. The summed E-state index contributed by atoms with van der Waals surface area (Å²) in [6, 6.07) is 14.6. The van der Waals surface area contributed by atoms with Gasteiger partial charge in [0.15, 0.2) is 0 Å². The molecule has 6 heteroatoms. The van der Waals surface area contributed by atoms with Crippen LogP contribution in [0.4, 0.5) is 5.69 Å². The summed E-state index contributed by atoms with van der Waals surface area (Å²) in [5, 5.41) is 2.63. The van der Waals surface area contributed by atoms with E-state index < -0.39 is 11.7 Å². The number of Topliss-reactive ketones (excluding diaryl/α,β-unsaturated/α-hetero) is 1. The van der Waals surface area contributed by atoms with Crippen LogP contribution < -0.4 is 14.8 Å². The number of nitrogens with zero attached hydrogens (tertiary/aromatic N) is 1. The highest BCUT2D eigenvalue weighted by molar-refractivity contribution is 6.46. The van der Waals surface area contributed by atoms with Gasteiger partial charge in [-0.2, -0.15) is 0 Å². The fourth-order valence-corrected chi connectivity index (χ4v) is 3.06. The number of carbonyl (C=O) groups excluding carboxylic acids is 2. The minimum Gasteiger partial charge on any atom is -0.497 e. The van der Waals surface area contributed by atoms with E-state index in [2.05, 4.69) is 31.3 Å². The lowest BCUT2D eigenvalue weighted by atomic mass is 10.1. The van der Waals surface area contributed by atoms with Crippen molar-refractivity contribution in [1.29, 1.82) is 0 Å². The number of aryl methyl sites for hydroxylation is 2. The zero-order valence-electron chi connectivity index (χ0n) is 17.0. The number of hydrogen-bond donors (Lipinski definition) is 1. The fraction of sp³-hybridized carbons (Fsp3) is 0.217. The molecule has 0 aliphatic rings. The minimum atomic E-state index is -0.739. The zero-order valence-corrected chi connectivity index (χ0v) is 17.0. The predicted molar refractivity (Wildman–Crippen MR) is 112 cm³/mol. The molecule has 0 saturated heterocycles. The third-order valence-corrected chi connectivity index (χ3v) is 4.85. The zero-order chi connectivity index (χ0) is 21.0. The Labute approximate surface area is 170 Å². The van der Waals surface area contributed by atoms with Gasteiger partial charge in [-0.3, -0.25) is 9.59 Å². The van der Waals surface area contributed by atoms with E-state index in [4.69, 9.17) is 9.47 Å². The highest BCUT2D eigenvalue weighted by Crippen LogP contribution is 2.29. The van der Waals surface area contributed by atoms with Crippen LogP contribution in [-0.4, -0.2) is 30.5 Å². The maximum atomic E-state index is 12.8. The maximum Gasteiger partial charge on any atom is 0.298 e. The first-order valence-corrected chi connectivity index (χ1v) is 9.22. The van der Waals surface area contributed by atoms with E-state index in [0.717, 1.165) is 5.56 Å². The van der Waals surface area contributed by atoms with Crippen LogP contribution in [0.3, 0.4) is 0 Å². The number of ether oxygens (including phenoxy) is 2. The van der Waals surface area contributed by atoms with Gasteiger partial charge in [0.25, 0.3) is 11.7 Å². The first-order chi connectivity index (χ1) is 13.9. The predicted octanol–water partition coefficient (Wildman–Crippen LogP) is 3.99. The van der Waals surface area contributed by atoms with Crippen LogP contribution in [0.5, 0.6) is 11.5 Å². The van der Waals surface area contributed by atoms with E-state index in [1.807, 2.05) is 6.07 Å². The monoisotopic (exact) mass is 392 g/mol. The van der Waals surface area contributed by atoms with Crippen molar-refractivity contribution in [1.82, 2.24) is 4.57 Å². The second-order valence-corrected chi connectivity index (χ2v) is 6.79. The van der Waals surface area contributed by atoms with Crippen molar-refractivity contribution in [2.24, 2.45) is 0 Å². The molecule has 1 N–H and O–H groups in total. The fourth-order valence-electron chi connectivity index (χ4n) is 3.06. The molecular formula is C23H24N2O4. The topological polar surface area (TPSA) is 69.6 Å². The molecule has 29 heavy (non-hydrogen) atoms. The number of hydrogen-bond acceptors (Lipinski definition) is 4. The molecule has 6 nitrogen and oxygen atoms in total. The number of amides is 1. The van der Waals surface area contributed by atoms with E-state index in [-0.39, 0.29) is 0 Å². The number of ketones is 1. The van der Waals surface area contributed by atoms with Crippen LogP contribution >= 0.6 is 0 Å². The van der Waals surface area contributed by atoms with Gasteiger partial charge in [-0.15, -0.1) is 0 Å². The molecule has 0 aliphatic carbocycles. The van der Waals surface area contributed by atoms with Crippen molar-refractivity contribution in [3.8, 4) is 11.5 Å². The Morgan fingerprint density at radius 2 is 1.76 bits per heavy atom. The van der Waals surface area contributed by atoms with Crippen LogP contribution in [-0.2, 0) is 11.3 Å². The molecule has 0 saturated carbocycles. The van der Waals surface area contributed by atoms with Gasteiger partial charge in [0.1, 0.15) is 11.5 Å². The quantitative estimate of drug-likeness (QED) is 0.488. The molecule has 2 aromatic carbocycles. The van der Waals surface area contributed by atoms with Crippen molar-refractivity contribution in [2.45, 2.75) is 20.4 Å². The summed E-state index contributed by atoms with van der Waals surface area (Å²) in [5.41, 5.74) is 4.16. The minimum absolute atomic E-state index is 0.322. The van der Waals surface area contributed by atoms with E-state index in [1.165, 1.54) is 25.3 Å². The van der Waals surface area contributed by atoms with Crippen molar-refractivity contribution < 1.29 is 19.1 Å². The summed E-state index contributed by atoms with van der Waals surface area (Å²) in [4.78, 5) is 25.4. The molecule has 3 aromatic rings. The van der Waals surface area contributed by atoms with Crippen molar-refractivity contribution in [3.63, 3.8) is 0 Å². The summed E-state index contributed by atoms with van der Waals surface area (Å²) >= 11 is 0. The van der Waals surface area contributed by atoms with Crippen LogP contribution in [0.25, 0.3) is 0 Å². The third-order valence-electron chi connectivity index (χ3n) is 4.85. The largest absolute Gasteiger partial charge is 0.497 e. The molecule has 0 radical (unpaired) electrons. The highest BCUT2D eigenvalue weighted by atomic mass is 16.5. The lowest BCUT2D eigenvalue weighted by Crippen LogP contribution is -2.25. The molecule has 1 aromatic heterocycles. The molecule has 0 bridgehead atoms. The van der Waals surface area contributed by atoms with Gasteiger partial charge < -0.3 is 19.4 Å². The smallest absolute Gasteiger partial charge is 0.298 e. The first kappa shape index (κ1) is 20.2. The van der Waals surface area contributed by atoms with Gasteiger partial charge in [0, 0.05) is 18.8 Å². The van der Waals surface area contributed by atoms with E-state index in [9.17, 15) is 9.59 Å². The van der Waals surface area contributed by atoms with Crippen molar-refractivity contribution >= 4 is 17.4 Å². The first-order valence-electron chi connectivity index (χ1n) is 9.22. The second-order valence-electron chi connectivity index (χ2n) is 6.79. The number of methoxy groups -OCH3 is 2. The van der Waals surface area contributed by atoms with E-state index in [1.54, 1.807) is 41.1 Å². The molecule has 0 fully saturated rings. The molecule has 150 valence electrons. The Bertz CT molecular complexity index is 1050.